The van der Waals surface area contributed by atoms with Crippen LogP contribution in [-0.2, 0) is 11.3 Å². The third-order valence-electron chi connectivity index (χ3n) is 5.00. The number of anilines is 1. The monoisotopic (exact) mass is 395 g/mol. The molecule has 0 fully saturated rings. The van der Waals surface area contributed by atoms with Crippen LogP contribution in [0.1, 0.15) is 43.3 Å². The van der Waals surface area contributed by atoms with Gasteiger partial charge in [-0.15, -0.1) is 0 Å². The van der Waals surface area contributed by atoms with Gasteiger partial charge in [-0.25, -0.2) is 10.4 Å². The van der Waals surface area contributed by atoms with Crippen molar-refractivity contribution in [3.05, 3.63) is 57.6 Å². The highest BCUT2D eigenvalue weighted by Crippen LogP contribution is 2.19. The average molecular weight is 396 g/mol. The molecule has 0 amide bonds. The van der Waals surface area contributed by atoms with Gasteiger partial charge in [0.1, 0.15) is 0 Å². The molecule has 0 spiro atoms. The Morgan fingerprint density at radius 1 is 1.28 bits per heavy atom. The van der Waals surface area contributed by atoms with E-state index in [-0.39, 0.29) is 5.56 Å². The first-order chi connectivity index (χ1) is 13.9. The van der Waals surface area contributed by atoms with Crippen molar-refractivity contribution in [3.63, 3.8) is 0 Å². The predicted molar refractivity (Wildman–Crippen MR) is 118 cm³/mol. The highest BCUT2D eigenvalue weighted by molar-refractivity contribution is 5.82. The van der Waals surface area contributed by atoms with Crippen LogP contribution in [0.5, 0.6) is 0 Å². The Labute approximate surface area is 171 Å². The summed E-state index contributed by atoms with van der Waals surface area (Å²) in [6.07, 6.45) is 2.49. The van der Waals surface area contributed by atoms with Crippen LogP contribution in [-0.4, -0.2) is 34.0 Å². The van der Waals surface area contributed by atoms with Crippen molar-refractivity contribution in [3.8, 4) is 0 Å². The number of rotatable bonds is 8. The van der Waals surface area contributed by atoms with Gasteiger partial charge in [0.05, 0.1) is 17.1 Å². The topological polar surface area (TPSA) is 73.4 Å². The van der Waals surface area contributed by atoms with Gasteiger partial charge in [-0.2, -0.15) is 5.10 Å². The van der Waals surface area contributed by atoms with Crippen LogP contribution in [0.2, 0.25) is 0 Å². The molecule has 7 nitrogen and oxygen atoms in total. The number of fused-ring (bicyclic) bond motifs is 1. The molecule has 0 radical (unpaired) electrons. The van der Waals surface area contributed by atoms with E-state index in [1.54, 1.807) is 24.0 Å². The molecule has 0 aliphatic carbocycles. The Kier molecular flexibility index (Phi) is 6.49. The molecule has 0 unspecified atom stereocenters. The van der Waals surface area contributed by atoms with Gasteiger partial charge in [-0.3, -0.25) is 9.36 Å². The molecule has 2 heterocycles. The first-order valence-corrected chi connectivity index (χ1v) is 9.90. The van der Waals surface area contributed by atoms with Crippen molar-refractivity contribution in [2.24, 2.45) is 5.10 Å². The summed E-state index contributed by atoms with van der Waals surface area (Å²) >= 11 is 0. The molecule has 3 aromatic rings. The Morgan fingerprint density at radius 2 is 2.03 bits per heavy atom. The number of hydrogen-bond acceptors (Lipinski definition) is 5. The summed E-state index contributed by atoms with van der Waals surface area (Å²) in [4.78, 5) is 17.6. The number of aromatic nitrogens is 3. The second-order valence-electron chi connectivity index (χ2n) is 7.42. The minimum atomic E-state index is -0.0811. The lowest BCUT2D eigenvalue weighted by atomic mass is 10.2. The molecule has 154 valence electrons. The van der Waals surface area contributed by atoms with Gasteiger partial charge in [-0.05, 0) is 52.3 Å². The molecule has 29 heavy (non-hydrogen) atoms. The largest absolute Gasteiger partial charge is 0.385 e. The maximum atomic E-state index is 12.9. The molecular weight excluding hydrogens is 366 g/mol. The summed E-state index contributed by atoms with van der Waals surface area (Å²) in [5.74, 6) is 0.429. The van der Waals surface area contributed by atoms with Gasteiger partial charge in [0.15, 0.2) is 0 Å². The molecule has 3 rings (SSSR count). The van der Waals surface area contributed by atoms with E-state index in [0.29, 0.717) is 42.5 Å². The quantitative estimate of drug-likeness (QED) is 0.357. The van der Waals surface area contributed by atoms with Gasteiger partial charge in [0, 0.05) is 43.3 Å². The molecule has 0 saturated heterocycles. The molecule has 0 aliphatic heterocycles. The fourth-order valence-electron chi connectivity index (χ4n) is 3.72. The maximum Gasteiger partial charge on any atom is 0.262 e. The Morgan fingerprint density at radius 3 is 2.72 bits per heavy atom. The summed E-state index contributed by atoms with van der Waals surface area (Å²) in [7, 11) is 1.65. The predicted octanol–water partition coefficient (Wildman–Crippen LogP) is 3.88. The molecule has 7 heteroatoms. The normalized spacial score (nSPS) is 11.8. The fraction of sp³-hybridized carbons (Fsp3) is 0.409. The van der Waals surface area contributed by atoms with Crippen LogP contribution in [0, 0.1) is 13.8 Å². The number of nitrogens with one attached hydrogen (secondary N) is 1. The summed E-state index contributed by atoms with van der Waals surface area (Å²) in [6.45, 7) is 9.58. The number of methoxy groups -OCH3 is 1. The molecule has 1 aromatic carbocycles. The van der Waals surface area contributed by atoms with Crippen molar-refractivity contribution >= 4 is 23.1 Å². The van der Waals surface area contributed by atoms with Crippen molar-refractivity contribution in [1.29, 1.82) is 0 Å². The number of hydrazone groups is 1. The van der Waals surface area contributed by atoms with E-state index in [2.05, 4.69) is 53.8 Å². The van der Waals surface area contributed by atoms with Gasteiger partial charge in [0.25, 0.3) is 5.56 Å². The van der Waals surface area contributed by atoms with Crippen LogP contribution in [0.3, 0.4) is 0 Å². The van der Waals surface area contributed by atoms with Crippen molar-refractivity contribution < 1.29 is 4.74 Å². The number of ether oxygens (including phenoxy) is 1. The van der Waals surface area contributed by atoms with E-state index in [4.69, 9.17) is 4.74 Å². The third-order valence-corrected chi connectivity index (χ3v) is 5.00. The lowest BCUT2D eigenvalue weighted by molar-refractivity contribution is 0.190. The minimum absolute atomic E-state index is 0.0811. The first kappa shape index (κ1) is 20.8. The number of hydrogen-bond donors (Lipinski definition) is 1. The highest BCUT2D eigenvalue weighted by Gasteiger charge is 2.12. The van der Waals surface area contributed by atoms with E-state index in [1.165, 1.54) is 5.69 Å². The third kappa shape index (κ3) is 4.40. The minimum Gasteiger partial charge on any atom is -0.385 e. The molecule has 0 aliphatic rings. The van der Waals surface area contributed by atoms with Crippen LogP contribution < -0.4 is 11.0 Å². The molecule has 1 N–H and O–H groups in total. The number of aryl methyl sites for hydroxylation is 1. The molecule has 0 bridgehead atoms. The summed E-state index contributed by atoms with van der Waals surface area (Å²) in [6, 6.07) is 9.85. The standard InChI is InChI=1S/C22H29N5O2/c1-15(2)27-16(3)13-18(17(27)4)14-23-25-22-24-20-10-7-6-9-19(20)21(28)26(22)11-8-12-29-5/h6-7,9-10,13-15H,8,11-12H2,1-5H3,(H,24,25)/b23-14-. The molecular formula is C22H29N5O2. The molecule has 2 aromatic heterocycles. The van der Waals surface area contributed by atoms with Crippen molar-refractivity contribution in [1.82, 2.24) is 14.1 Å². The van der Waals surface area contributed by atoms with Crippen LogP contribution in [0.4, 0.5) is 5.95 Å². The zero-order valence-corrected chi connectivity index (χ0v) is 17.8. The zero-order valence-electron chi connectivity index (χ0n) is 17.8. The summed E-state index contributed by atoms with van der Waals surface area (Å²) in [5, 5.41) is 4.98. The maximum absolute atomic E-state index is 12.9. The van der Waals surface area contributed by atoms with Crippen LogP contribution in [0.15, 0.2) is 40.2 Å². The number of nitrogens with zero attached hydrogens (tertiary/aromatic N) is 4. The zero-order chi connectivity index (χ0) is 21.0. The smallest absolute Gasteiger partial charge is 0.262 e. The van der Waals surface area contributed by atoms with E-state index in [0.717, 1.165) is 11.3 Å². The highest BCUT2D eigenvalue weighted by atomic mass is 16.5. The Bertz CT molecular complexity index is 1080. The van der Waals surface area contributed by atoms with Crippen molar-refractivity contribution in [2.75, 3.05) is 19.1 Å². The van der Waals surface area contributed by atoms with E-state index >= 15 is 0 Å². The average Bonchev–Trinajstić information content (AvgIpc) is 2.97. The second kappa shape index (κ2) is 9.05. The lowest BCUT2D eigenvalue weighted by Gasteiger charge is -2.13. The molecule has 0 saturated carbocycles. The Balaban J connectivity index is 1.93. The fourth-order valence-corrected chi connectivity index (χ4v) is 3.72. The summed E-state index contributed by atoms with van der Waals surface area (Å²) < 4.78 is 9.02. The van der Waals surface area contributed by atoms with E-state index in [9.17, 15) is 4.79 Å². The van der Waals surface area contributed by atoms with Gasteiger partial charge < -0.3 is 9.30 Å². The second-order valence-corrected chi connectivity index (χ2v) is 7.42. The lowest BCUT2D eigenvalue weighted by Crippen LogP contribution is -2.24. The van der Waals surface area contributed by atoms with Crippen LogP contribution >= 0.6 is 0 Å². The van der Waals surface area contributed by atoms with Crippen molar-refractivity contribution in [2.45, 2.75) is 46.7 Å². The number of para-hydroxylation sites is 1. The first-order valence-electron chi connectivity index (χ1n) is 9.90. The van der Waals surface area contributed by atoms with Gasteiger partial charge in [0.2, 0.25) is 5.95 Å². The SMILES string of the molecule is COCCCn1c(N/N=C\c2cc(C)n(C(C)C)c2C)nc2ccccc2c1=O. The van der Waals surface area contributed by atoms with E-state index in [1.807, 2.05) is 18.2 Å². The van der Waals surface area contributed by atoms with E-state index < -0.39 is 0 Å². The Hall–Kier alpha value is -2.93. The van der Waals surface area contributed by atoms with Gasteiger partial charge >= 0.3 is 0 Å². The number of benzene rings is 1. The summed E-state index contributed by atoms with van der Waals surface area (Å²) in [5.41, 5.74) is 6.94. The van der Waals surface area contributed by atoms with Gasteiger partial charge in [-0.1, -0.05) is 12.1 Å². The van der Waals surface area contributed by atoms with Crippen LogP contribution in [0.25, 0.3) is 10.9 Å². The molecule has 0 atom stereocenters.